The Morgan fingerprint density at radius 3 is 1.93 bits per heavy atom. The van der Waals surface area contributed by atoms with E-state index in [1.54, 1.807) is 23.8 Å². The standard InChI is InChI=1S/C25H24ClNO2/c26-16-2-1-3-17(11-16)27-24(28)22-18-4-5-19(23(22)25(27)29)21(18)20-14-7-12-6-13(9-14)10-15(20)8-12/h1-5,11-15,18-19,22-23H,6-10H2. The van der Waals surface area contributed by atoms with Crippen molar-refractivity contribution in [3.63, 3.8) is 0 Å². The average Bonchev–Trinajstić information content (AvgIpc) is 3.31. The lowest BCUT2D eigenvalue weighted by Gasteiger charge is -2.52. The molecule has 4 unspecified atom stereocenters. The Balaban J connectivity index is 1.29. The molecule has 1 aliphatic heterocycles. The molecule has 6 aliphatic carbocycles. The van der Waals surface area contributed by atoms with Crippen molar-refractivity contribution in [2.45, 2.75) is 32.1 Å². The van der Waals surface area contributed by atoms with E-state index in [2.05, 4.69) is 12.2 Å². The van der Waals surface area contributed by atoms with Gasteiger partial charge in [0.2, 0.25) is 11.8 Å². The van der Waals surface area contributed by atoms with Gasteiger partial charge in [-0.1, -0.05) is 41.0 Å². The number of hydrogen-bond donors (Lipinski definition) is 0. The summed E-state index contributed by atoms with van der Waals surface area (Å²) in [6.07, 6.45) is 11.3. The summed E-state index contributed by atoms with van der Waals surface area (Å²) in [5.74, 6) is 3.09. The second kappa shape index (κ2) is 5.63. The SMILES string of the molecule is O=C1C2C3C=CC(C3=C3C4CC5CC(C4)CC3C5)C2C(=O)N1c1cccc(Cl)c1. The van der Waals surface area contributed by atoms with Gasteiger partial charge in [0.1, 0.15) is 0 Å². The Labute approximate surface area is 175 Å². The first kappa shape index (κ1) is 16.9. The third-order valence-corrected chi connectivity index (χ3v) is 9.07. The van der Waals surface area contributed by atoms with Crippen molar-refractivity contribution in [3.8, 4) is 0 Å². The van der Waals surface area contributed by atoms with Crippen LogP contribution in [0.3, 0.4) is 0 Å². The number of hydrogen-bond acceptors (Lipinski definition) is 2. The fraction of sp³-hybridized carbons (Fsp3) is 0.520. The molecule has 1 saturated heterocycles. The molecule has 2 amide bonds. The molecule has 5 saturated carbocycles. The van der Waals surface area contributed by atoms with E-state index in [9.17, 15) is 9.59 Å². The normalized spacial score (nSPS) is 43.8. The second-order valence-electron chi connectivity index (χ2n) is 10.2. The van der Waals surface area contributed by atoms with Gasteiger partial charge in [0.15, 0.2) is 0 Å². The van der Waals surface area contributed by atoms with Gasteiger partial charge in [0.05, 0.1) is 17.5 Å². The Kier molecular flexibility index (Phi) is 3.28. The number of amides is 2. The van der Waals surface area contributed by atoms with E-state index in [0.717, 1.165) is 23.7 Å². The summed E-state index contributed by atoms with van der Waals surface area (Å²) in [5, 5.41) is 0.553. The van der Waals surface area contributed by atoms with Gasteiger partial charge in [0.25, 0.3) is 0 Å². The maximum absolute atomic E-state index is 13.4. The first-order valence-corrected chi connectivity index (χ1v) is 11.5. The van der Waals surface area contributed by atoms with Crippen LogP contribution >= 0.6 is 11.6 Å². The van der Waals surface area contributed by atoms with E-state index in [1.165, 1.54) is 42.6 Å². The molecule has 8 rings (SSSR count). The van der Waals surface area contributed by atoms with Gasteiger partial charge in [-0.15, -0.1) is 0 Å². The molecule has 1 heterocycles. The fourth-order valence-corrected chi connectivity index (χ4v) is 8.37. The molecule has 0 aromatic heterocycles. The number of halogens is 1. The van der Waals surface area contributed by atoms with Gasteiger partial charge in [-0.25, -0.2) is 4.90 Å². The van der Waals surface area contributed by atoms with Crippen LogP contribution in [0.4, 0.5) is 5.69 Å². The summed E-state index contributed by atoms with van der Waals surface area (Å²) >= 11 is 6.13. The molecule has 1 aromatic rings. The van der Waals surface area contributed by atoms with Crippen LogP contribution in [0.25, 0.3) is 0 Å². The van der Waals surface area contributed by atoms with Crippen molar-refractivity contribution in [1.29, 1.82) is 0 Å². The third-order valence-electron chi connectivity index (χ3n) is 8.83. The van der Waals surface area contributed by atoms with Crippen LogP contribution in [0, 0.1) is 47.3 Å². The molecule has 6 bridgehead atoms. The maximum atomic E-state index is 13.4. The summed E-state index contributed by atoms with van der Waals surface area (Å²) in [4.78, 5) is 28.3. The minimum Gasteiger partial charge on any atom is -0.274 e. The van der Waals surface area contributed by atoms with Gasteiger partial charge < -0.3 is 0 Å². The summed E-state index contributed by atoms with van der Waals surface area (Å²) in [6, 6.07) is 7.12. The first-order valence-electron chi connectivity index (χ1n) is 11.2. The number of fused-ring (bicyclic) bond motifs is 5. The number of carbonyl (C=O) groups excluding carboxylic acids is 2. The van der Waals surface area contributed by atoms with E-state index in [4.69, 9.17) is 11.6 Å². The van der Waals surface area contributed by atoms with Crippen molar-refractivity contribution < 1.29 is 9.59 Å². The smallest absolute Gasteiger partial charge is 0.238 e. The zero-order valence-corrected chi connectivity index (χ0v) is 17.0. The minimum atomic E-state index is -0.212. The highest BCUT2D eigenvalue weighted by molar-refractivity contribution is 6.31. The Morgan fingerprint density at radius 2 is 1.38 bits per heavy atom. The van der Waals surface area contributed by atoms with Crippen molar-refractivity contribution in [2.75, 3.05) is 4.90 Å². The van der Waals surface area contributed by atoms with Crippen LogP contribution in [0.15, 0.2) is 47.6 Å². The van der Waals surface area contributed by atoms with Crippen molar-refractivity contribution in [2.24, 2.45) is 47.3 Å². The molecule has 148 valence electrons. The van der Waals surface area contributed by atoms with E-state index in [-0.39, 0.29) is 35.5 Å². The number of benzene rings is 1. The van der Waals surface area contributed by atoms with E-state index in [0.29, 0.717) is 10.7 Å². The number of anilines is 1. The molecule has 4 heteroatoms. The largest absolute Gasteiger partial charge is 0.274 e. The maximum Gasteiger partial charge on any atom is 0.238 e. The quantitative estimate of drug-likeness (QED) is 0.486. The van der Waals surface area contributed by atoms with Gasteiger partial charge in [-0.3, -0.25) is 9.59 Å². The molecule has 29 heavy (non-hydrogen) atoms. The number of carbonyl (C=O) groups is 2. The van der Waals surface area contributed by atoms with Crippen LogP contribution in [0.1, 0.15) is 32.1 Å². The second-order valence-corrected chi connectivity index (χ2v) is 10.6. The van der Waals surface area contributed by atoms with Crippen LogP contribution in [0.2, 0.25) is 5.02 Å². The molecule has 6 fully saturated rings. The predicted octanol–water partition coefficient (Wildman–Crippen LogP) is 5.01. The summed E-state index contributed by atoms with van der Waals surface area (Å²) in [6.45, 7) is 0. The number of rotatable bonds is 1. The Morgan fingerprint density at radius 1 is 0.793 bits per heavy atom. The Hall–Kier alpha value is -1.87. The monoisotopic (exact) mass is 405 g/mol. The van der Waals surface area contributed by atoms with Crippen molar-refractivity contribution in [3.05, 3.63) is 52.6 Å². The predicted molar refractivity (Wildman–Crippen MR) is 111 cm³/mol. The van der Waals surface area contributed by atoms with E-state index < -0.39 is 0 Å². The molecule has 0 radical (unpaired) electrons. The molecule has 0 spiro atoms. The van der Waals surface area contributed by atoms with Crippen LogP contribution < -0.4 is 4.90 Å². The molecular formula is C25H24ClNO2. The molecular weight excluding hydrogens is 382 g/mol. The van der Waals surface area contributed by atoms with Crippen molar-refractivity contribution >= 4 is 29.1 Å². The zero-order chi connectivity index (χ0) is 19.4. The highest BCUT2D eigenvalue weighted by Crippen LogP contribution is 2.63. The zero-order valence-electron chi connectivity index (χ0n) is 16.3. The van der Waals surface area contributed by atoms with Crippen molar-refractivity contribution in [1.82, 2.24) is 0 Å². The molecule has 1 aromatic carbocycles. The lowest BCUT2D eigenvalue weighted by Crippen LogP contribution is -2.41. The number of imide groups is 1. The van der Waals surface area contributed by atoms with Gasteiger partial charge >= 0.3 is 0 Å². The molecule has 3 nitrogen and oxygen atoms in total. The highest BCUT2D eigenvalue weighted by Gasteiger charge is 2.63. The van der Waals surface area contributed by atoms with E-state index in [1.807, 2.05) is 6.07 Å². The van der Waals surface area contributed by atoms with Gasteiger partial charge in [-0.2, -0.15) is 0 Å². The third kappa shape index (κ3) is 2.10. The number of nitrogens with zero attached hydrogens (tertiary/aromatic N) is 1. The van der Waals surface area contributed by atoms with Crippen LogP contribution in [0.5, 0.6) is 0 Å². The minimum absolute atomic E-state index is 0.0268. The number of allylic oxidation sites excluding steroid dienone is 4. The lowest BCUT2D eigenvalue weighted by atomic mass is 9.53. The Bertz CT molecular complexity index is 959. The average molecular weight is 406 g/mol. The van der Waals surface area contributed by atoms with E-state index >= 15 is 0 Å². The molecule has 0 N–H and O–H groups in total. The fourth-order valence-electron chi connectivity index (χ4n) is 8.18. The van der Waals surface area contributed by atoms with Crippen LogP contribution in [-0.2, 0) is 9.59 Å². The highest BCUT2D eigenvalue weighted by atomic mass is 35.5. The summed E-state index contributed by atoms with van der Waals surface area (Å²) < 4.78 is 0. The van der Waals surface area contributed by atoms with Gasteiger partial charge in [0, 0.05) is 16.9 Å². The lowest BCUT2D eigenvalue weighted by molar-refractivity contribution is -0.122. The summed E-state index contributed by atoms with van der Waals surface area (Å²) in [5.41, 5.74) is 3.79. The summed E-state index contributed by atoms with van der Waals surface area (Å²) in [7, 11) is 0. The molecule has 7 aliphatic rings. The first-order chi connectivity index (χ1) is 14.1. The van der Waals surface area contributed by atoms with Crippen LogP contribution in [-0.4, -0.2) is 11.8 Å². The molecule has 4 atom stereocenters. The topological polar surface area (TPSA) is 37.4 Å². The van der Waals surface area contributed by atoms with Gasteiger partial charge in [-0.05, 0) is 74.0 Å².